The van der Waals surface area contributed by atoms with E-state index in [4.69, 9.17) is 5.11 Å². The molecular weight excluding hydrogens is 104 g/mol. The lowest BCUT2D eigenvalue weighted by molar-refractivity contribution is 0.433. The van der Waals surface area contributed by atoms with Crippen LogP contribution in [0.1, 0.15) is 0 Å². The Balaban J connectivity index is 3.93. The van der Waals surface area contributed by atoms with Crippen LogP contribution < -0.4 is 0 Å². The first-order valence-electron chi connectivity index (χ1n) is 2.04. The number of aliphatic hydroxyl groups is 1. The van der Waals surface area contributed by atoms with Gasteiger partial charge in [-0.25, -0.2) is 4.79 Å². The first-order chi connectivity index (χ1) is 3.81. The Hall–Kier alpha value is -1.27. The van der Waals surface area contributed by atoms with Crippen molar-refractivity contribution in [3.05, 3.63) is 30.6 Å². The van der Waals surface area contributed by atoms with Crippen LogP contribution in [0, 0.1) is 0 Å². The number of allylic oxidation sites excluding steroid dienone is 3. The third-order valence-electron chi connectivity index (χ3n) is 0.531. The second kappa shape index (κ2) is 3.90. The van der Waals surface area contributed by atoms with E-state index in [-0.39, 0.29) is 5.76 Å². The highest BCUT2D eigenvalue weighted by atomic mass is 16.3. The summed E-state index contributed by atoms with van der Waals surface area (Å²) in [5, 5.41) is 8.52. The van der Waals surface area contributed by atoms with Gasteiger partial charge in [-0.1, -0.05) is 6.58 Å². The van der Waals surface area contributed by atoms with E-state index < -0.39 is 0 Å². The maximum atomic E-state index is 9.45. The van der Waals surface area contributed by atoms with Crippen LogP contribution in [0.4, 0.5) is 0 Å². The van der Waals surface area contributed by atoms with E-state index >= 15 is 0 Å². The summed E-state index contributed by atoms with van der Waals surface area (Å²) in [6.07, 6.45) is 3.50. The van der Waals surface area contributed by atoms with Gasteiger partial charge in [0.25, 0.3) is 0 Å². The molecule has 0 bridgehead atoms. The molecule has 0 aliphatic rings. The Bertz CT molecular complexity index is 150. The van der Waals surface area contributed by atoms with Gasteiger partial charge in [-0.05, 0) is 12.2 Å². The van der Waals surface area contributed by atoms with Gasteiger partial charge in [0, 0.05) is 6.08 Å². The van der Waals surface area contributed by atoms with Crippen LogP contribution in [0.15, 0.2) is 30.6 Å². The van der Waals surface area contributed by atoms with Gasteiger partial charge in [0.1, 0.15) is 11.7 Å². The van der Waals surface area contributed by atoms with Gasteiger partial charge in [-0.2, -0.15) is 0 Å². The van der Waals surface area contributed by atoms with Crippen molar-refractivity contribution in [1.82, 2.24) is 0 Å². The summed E-state index contributed by atoms with van der Waals surface area (Å²) in [7, 11) is 0. The topological polar surface area (TPSA) is 37.3 Å². The molecule has 0 fully saturated rings. The molecule has 0 amide bonds. The molecule has 0 aromatic rings. The molecule has 1 N–H and O–H groups in total. The molecule has 0 saturated heterocycles. The van der Waals surface area contributed by atoms with E-state index in [0.29, 0.717) is 0 Å². The third kappa shape index (κ3) is 2.94. The molecule has 0 unspecified atom stereocenters. The molecule has 0 spiro atoms. The summed E-state index contributed by atoms with van der Waals surface area (Å²) < 4.78 is 0. The van der Waals surface area contributed by atoms with Gasteiger partial charge in [0.15, 0.2) is 0 Å². The SMILES string of the molecule is C=C/C(O)=C\C=C=O. The summed E-state index contributed by atoms with van der Waals surface area (Å²) in [4.78, 5) is 9.45. The van der Waals surface area contributed by atoms with Crippen LogP contribution in [0.3, 0.4) is 0 Å². The van der Waals surface area contributed by atoms with E-state index in [0.717, 1.165) is 6.08 Å². The number of hydrogen-bond donors (Lipinski definition) is 1. The minimum Gasteiger partial charge on any atom is -0.508 e. The minimum atomic E-state index is -0.0339. The quantitative estimate of drug-likeness (QED) is 0.327. The van der Waals surface area contributed by atoms with E-state index in [9.17, 15) is 4.79 Å². The van der Waals surface area contributed by atoms with Crippen molar-refractivity contribution in [3.8, 4) is 0 Å². The normalized spacial score (nSPS) is 9.75. The highest BCUT2D eigenvalue weighted by Gasteiger charge is 1.74. The zero-order chi connectivity index (χ0) is 6.41. The standard InChI is InChI=1S/C6H6O2/c1-2-6(8)4-3-5-7/h2-4,8H,1H2/b6-4+. The summed E-state index contributed by atoms with van der Waals surface area (Å²) >= 11 is 0. The predicted molar refractivity (Wildman–Crippen MR) is 31.2 cm³/mol. The lowest BCUT2D eigenvalue weighted by Crippen LogP contribution is -1.67. The monoisotopic (exact) mass is 110 g/mol. The van der Waals surface area contributed by atoms with Gasteiger partial charge >= 0.3 is 0 Å². The van der Waals surface area contributed by atoms with Crippen molar-refractivity contribution in [2.75, 3.05) is 0 Å². The molecule has 2 nitrogen and oxygen atoms in total. The Morgan fingerprint density at radius 1 is 1.75 bits per heavy atom. The third-order valence-corrected chi connectivity index (χ3v) is 0.531. The zero-order valence-corrected chi connectivity index (χ0v) is 4.29. The number of rotatable bonds is 2. The summed E-state index contributed by atoms with van der Waals surface area (Å²) in [5.74, 6) is 1.44. The van der Waals surface area contributed by atoms with E-state index in [1.165, 1.54) is 18.1 Å². The van der Waals surface area contributed by atoms with Gasteiger partial charge in [0.05, 0.1) is 0 Å². The molecule has 0 aromatic carbocycles. The molecule has 0 aliphatic carbocycles. The number of hydrogen-bond acceptors (Lipinski definition) is 2. The first-order valence-corrected chi connectivity index (χ1v) is 2.04. The lowest BCUT2D eigenvalue weighted by atomic mass is 10.4. The van der Waals surface area contributed by atoms with Crippen molar-refractivity contribution in [3.63, 3.8) is 0 Å². The van der Waals surface area contributed by atoms with Crippen LogP contribution in [-0.2, 0) is 4.79 Å². The molecule has 8 heavy (non-hydrogen) atoms. The van der Waals surface area contributed by atoms with Crippen molar-refractivity contribution < 1.29 is 9.90 Å². The van der Waals surface area contributed by atoms with Crippen LogP contribution in [0.5, 0.6) is 0 Å². The van der Waals surface area contributed by atoms with Crippen molar-refractivity contribution in [2.24, 2.45) is 0 Å². The second-order valence-corrected chi connectivity index (χ2v) is 1.08. The molecule has 0 radical (unpaired) electrons. The van der Waals surface area contributed by atoms with Crippen LogP contribution in [0.25, 0.3) is 0 Å². The number of aliphatic hydroxyl groups excluding tert-OH is 1. The highest BCUT2D eigenvalue weighted by Crippen LogP contribution is 1.85. The summed E-state index contributed by atoms with van der Waals surface area (Å²) in [5.41, 5.74) is 0. The van der Waals surface area contributed by atoms with Crippen molar-refractivity contribution >= 4 is 5.94 Å². The average Bonchev–Trinajstić information content (AvgIpc) is 1.83. The molecule has 42 valence electrons. The predicted octanol–water partition coefficient (Wildman–Crippen LogP) is 1.00. The van der Waals surface area contributed by atoms with Gasteiger partial charge in [-0.15, -0.1) is 0 Å². The fourth-order valence-corrected chi connectivity index (χ4v) is 0.187. The Morgan fingerprint density at radius 3 is 2.75 bits per heavy atom. The van der Waals surface area contributed by atoms with Crippen molar-refractivity contribution in [1.29, 1.82) is 0 Å². The first kappa shape index (κ1) is 6.73. The van der Waals surface area contributed by atoms with Gasteiger partial charge in [0.2, 0.25) is 0 Å². The molecule has 0 rings (SSSR count). The van der Waals surface area contributed by atoms with Gasteiger partial charge in [-0.3, -0.25) is 0 Å². The Labute approximate surface area is 47.5 Å². The summed E-state index contributed by atoms with van der Waals surface area (Å²) in [6.45, 7) is 3.25. The second-order valence-electron chi connectivity index (χ2n) is 1.08. The average molecular weight is 110 g/mol. The molecule has 0 aromatic heterocycles. The van der Waals surface area contributed by atoms with Crippen LogP contribution >= 0.6 is 0 Å². The molecule has 0 aliphatic heterocycles. The van der Waals surface area contributed by atoms with E-state index in [1.807, 2.05) is 0 Å². The minimum absolute atomic E-state index is 0.0339. The van der Waals surface area contributed by atoms with Gasteiger partial charge < -0.3 is 5.11 Å². The fraction of sp³-hybridized carbons (Fsp3) is 0. The molecule has 0 atom stereocenters. The Kier molecular flexibility index (Phi) is 3.28. The Morgan fingerprint density at radius 2 is 2.38 bits per heavy atom. The molecule has 0 saturated carbocycles. The maximum Gasteiger partial charge on any atom is 0.124 e. The highest BCUT2D eigenvalue weighted by molar-refractivity contribution is 5.49. The van der Waals surface area contributed by atoms with Crippen LogP contribution in [-0.4, -0.2) is 11.0 Å². The molecule has 2 heteroatoms. The largest absolute Gasteiger partial charge is 0.508 e. The lowest BCUT2D eigenvalue weighted by Gasteiger charge is -1.79. The van der Waals surface area contributed by atoms with E-state index in [1.54, 1.807) is 0 Å². The smallest absolute Gasteiger partial charge is 0.124 e. The zero-order valence-electron chi connectivity index (χ0n) is 4.29. The molecule has 0 heterocycles. The van der Waals surface area contributed by atoms with Crippen LogP contribution in [0.2, 0.25) is 0 Å². The number of carbonyl (C=O) groups excluding carboxylic acids is 1. The molecular formula is C6H6O2. The van der Waals surface area contributed by atoms with Crippen molar-refractivity contribution in [2.45, 2.75) is 0 Å². The fourth-order valence-electron chi connectivity index (χ4n) is 0.187. The maximum absolute atomic E-state index is 9.45. The summed E-state index contributed by atoms with van der Waals surface area (Å²) in [6, 6.07) is 0. The van der Waals surface area contributed by atoms with E-state index in [2.05, 4.69) is 6.58 Å².